The molecule has 1 atom stereocenters. The monoisotopic (exact) mass is 343 g/mol. The van der Waals surface area contributed by atoms with E-state index in [1.165, 1.54) is 6.07 Å². The summed E-state index contributed by atoms with van der Waals surface area (Å²) in [6, 6.07) is 13.2. The molecule has 0 aliphatic rings. The van der Waals surface area contributed by atoms with Crippen molar-refractivity contribution in [1.29, 1.82) is 0 Å². The van der Waals surface area contributed by atoms with Gasteiger partial charge in [-0.2, -0.15) is 0 Å². The standard InChI is InChI=1S/C20H22FNO3/c1-14(6-9-16-4-2-3-5-18(16)21)19(23)22-13-12-15-7-10-17(11-8-15)20(24)25/h2-5,7-8,10-11,14H,6,9,12-13H2,1H3,(H,22,23)(H,24,25). The van der Waals surface area contributed by atoms with Gasteiger partial charge in [-0.1, -0.05) is 37.3 Å². The Morgan fingerprint density at radius 1 is 1.08 bits per heavy atom. The third-order valence-electron chi connectivity index (χ3n) is 4.17. The van der Waals surface area contributed by atoms with Gasteiger partial charge in [-0.25, -0.2) is 9.18 Å². The van der Waals surface area contributed by atoms with Crippen LogP contribution in [0, 0.1) is 11.7 Å². The van der Waals surface area contributed by atoms with Crippen molar-refractivity contribution in [2.45, 2.75) is 26.2 Å². The predicted molar refractivity (Wildman–Crippen MR) is 94.0 cm³/mol. The van der Waals surface area contributed by atoms with Gasteiger partial charge < -0.3 is 10.4 Å². The second-order valence-electron chi connectivity index (χ2n) is 6.07. The summed E-state index contributed by atoms with van der Waals surface area (Å²) >= 11 is 0. The van der Waals surface area contributed by atoms with Crippen LogP contribution in [0.3, 0.4) is 0 Å². The number of carbonyl (C=O) groups excluding carboxylic acids is 1. The Kier molecular flexibility index (Phi) is 6.69. The lowest BCUT2D eigenvalue weighted by Crippen LogP contribution is -2.31. The van der Waals surface area contributed by atoms with Gasteiger partial charge in [0.25, 0.3) is 0 Å². The molecule has 0 spiro atoms. The van der Waals surface area contributed by atoms with Crippen LogP contribution >= 0.6 is 0 Å². The topological polar surface area (TPSA) is 66.4 Å². The molecule has 0 aliphatic heterocycles. The molecule has 0 aromatic heterocycles. The third kappa shape index (κ3) is 5.71. The number of benzene rings is 2. The van der Waals surface area contributed by atoms with Crippen LogP contribution in [0.25, 0.3) is 0 Å². The van der Waals surface area contributed by atoms with E-state index in [-0.39, 0.29) is 23.2 Å². The maximum Gasteiger partial charge on any atom is 0.335 e. The normalized spacial score (nSPS) is 11.8. The van der Waals surface area contributed by atoms with Gasteiger partial charge in [0, 0.05) is 12.5 Å². The first kappa shape index (κ1) is 18.6. The van der Waals surface area contributed by atoms with Crippen molar-refractivity contribution in [3.05, 3.63) is 71.0 Å². The number of carboxylic acids is 1. The Morgan fingerprint density at radius 2 is 1.76 bits per heavy atom. The zero-order chi connectivity index (χ0) is 18.2. The van der Waals surface area contributed by atoms with Gasteiger partial charge in [0.15, 0.2) is 0 Å². The molecular formula is C20H22FNO3. The Hall–Kier alpha value is -2.69. The van der Waals surface area contributed by atoms with Crippen molar-refractivity contribution < 1.29 is 19.1 Å². The minimum atomic E-state index is -0.955. The number of amides is 1. The van der Waals surface area contributed by atoms with E-state index in [0.29, 0.717) is 31.4 Å². The van der Waals surface area contributed by atoms with Crippen molar-refractivity contribution in [2.75, 3.05) is 6.54 Å². The Bertz CT molecular complexity index is 728. The minimum absolute atomic E-state index is 0.0569. The fourth-order valence-corrected chi connectivity index (χ4v) is 2.52. The molecular weight excluding hydrogens is 321 g/mol. The van der Waals surface area contributed by atoms with E-state index in [1.54, 1.807) is 42.5 Å². The molecule has 2 N–H and O–H groups in total. The highest BCUT2D eigenvalue weighted by Gasteiger charge is 2.13. The molecule has 25 heavy (non-hydrogen) atoms. The van der Waals surface area contributed by atoms with Crippen molar-refractivity contribution in [3.63, 3.8) is 0 Å². The molecule has 2 aromatic carbocycles. The molecule has 0 heterocycles. The number of aryl methyl sites for hydroxylation is 1. The van der Waals surface area contributed by atoms with E-state index in [0.717, 1.165) is 5.56 Å². The van der Waals surface area contributed by atoms with Crippen LogP contribution in [0.2, 0.25) is 0 Å². The summed E-state index contributed by atoms with van der Waals surface area (Å²) in [7, 11) is 0. The summed E-state index contributed by atoms with van der Waals surface area (Å²) in [5.41, 5.74) is 1.83. The highest BCUT2D eigenvalue weighted by molar-refractivity contribution is 5.87. The second-order valence-corrected chi connectivity index (χ2v) is 6.07. The van der Waals surface area contributed by atoms with E-state index in [9.17, 15) is 14.0 Å². The van der Waals surface area contributed by atoms with Crippen LogP contribution in [0.5, 0.6) is 0 Å². The number of nitrogens with one attached hydrogen (secondary N) is 1. The Morgan fingerprint density at radius 3 is 2.40 bits per heavy atom. The van der Waals surface area contributed by atoms with Crippen LogP contribution in [-0.2, 0) is 17.6 Å². The van der Waals surface area contributed by atoms with Crippen molar-refractivity contribution in [3.8, 4) is 0 Å². The smallest absolute Gasteiger partial charge is 0.335 e. The molecule has 0 saturated heterocycles. The summed E-state index contributed by atoms with van der Waals surface area (Å²) < 4.78 is 13.6. The van der Waals surface area contributed by atoms with Crippen LogP contribution in [0.4, 0.5) is 4.39 Å². The maximum atomic E-state index is 13.6. The van der Waals surface area contributed by atoms with Crippen molar-refractivity contribution in [1.82, 2.24) is 5.32 Å². The lowest BCUT2D eigenvalue weighted by molar-refractivity contribution is -0.124. The Labute approximate surface area is 146 Å². The highest BCUT2D eigenvalue weighted by Crippen LogP contribution is 2.13. The van der Waals surface area contributed by atoms with Gasteiger partial charge in [0.1, 0.15) is 5.82 Å². The van der Waals surface area contributed by atoms with E-state index in [4.69, 9.17) is 5.11 Å². The number of rotatable bonds is 8. The zero-order valence-corrected chi connectivity index (χ0v) is 14.2. The zero-order valence-electron chi connectivity index (χ0n) is 14.2. The van der Waals surface area contributed by atoms with Gasteiger partial charge in [-0.05, 0) is 48.6 Å². The van der Waals surface area contributed by atoms with Gasteiger partial charge in [0.05, 0.1) is 5.56 Å². The maximum absolute atomic E-state index is 13.6. The van der Waals surface area contributed by atoms with Crippen molar-refractivity contribution >= 4 is 11.9 Å². The molecule has 0 aliphatic carbocycles. The average Bonchev–Trinajstić information content (AvgIpc) is 2.61. The number of carboxylic acid groups (broad SMARTS) is 1. The van der Waals surface area contributed by atoms with E-state index in [1.807, 2.05) is 6.92 Å². The van der Waals surface area contributed by atoms with Gasteiger partial charge in [0.2, 0.25) is 5.91 Å². The minimum Gasteiger partial charge on any atom is -0.478 e. The summed E-state index contributed by atoms with van der Waals surface area (Å²) in [6.45, 7) is 2.31. The van der Waals surface area contributed by atoms with Crippen LogP contribution in [0.15, 0.2) is 48.5 Å². The largest absolute Gasteiger partial charge is 0.478 e. The van der Waals surface area contributed by atoms with Crippen LogP contribution in [0.1, 0.15) is 34.8 Å². The molecule has 132 valence electrons. The fraction of sp³-hybridized carbons (Fsp3) is 0.300. The Balaban J connectivity index is 1.74. The van der Waals surface area contributed by atoms with Crippen LogP contribution < -0.4 is 5.32 Å². The lowest BCUT2D eigenvalue weighted by atomic mass is 10.00. The molecule has 2 rings (SSSR count). The van der Waals surface area contributed by atoms with Crippen molar-refractivity contribution in [2.24, 2.45) is 5.92 Å². The lowest BCUT2D eigenvalue weighted by Gasteiger charge is -2.12. The third-order valence-corrected chi connectivity index (χ3v) is 4.17. The molecule has 2 aromatic rings. The van der Waals surface area contributed by atoms with Gasteiger partial charge in [-0.3, -0.25) is 4.79 Å². The molecule has 0 fully saturated rings. The fourth-order valence-electron chi connectivity index (χ4n) is 2.52. The molecule has 5 heteroatoms. The second kappa shape index (κ2) is 8.97. The number of hydrogen-bond acceptors (Lipinski definition) is 2. The molecule has 0 saturated carbocycles. The first-order chi connectivity index (χ1) is 12.0. The summed E-state index contributed by atoms with van der Waals surface area (Å²) in [4.78, 5) is 22.9. The average molecular weight is 343 g/mol. The number of halogens is 1. The molecule has 4 nitrogen and oxygen atoms in total. The van der Waals surface area contributed by atoms with Gasteiger partial charge >= 0.3 is 5.97 Å². The quantitative estimate of drug-likeness (QED) is 0.771. The van der Waals surface area contributed by atoms with E-state index in [2.05, 4.69) is 5.32 Å². The molecule has 0 bridgehead atoms. The summed E-state index contributed by atoms with van der Waals surface area (Å²) in [5.74, 6) is -1.45. The summed E-state index contributed by atoms with van der Waals surface area (Å²) in [5, 5.41) is 11.7. The SMILES string of the molecule is CC(CCc1ccccc1F)C(=O)NCCc1ccc(C(=O)O)cc1. The number of carbonyl (C=O) groups is 2. The van der Waals surface area contributed by atoms with Gasteiger partial charge in [-0.15, -0.1) is 0 Å². The predicted octanol–water partition coefficient (Wildman–Crippen LogP) is 3.45. The van der Waals surface area contributed by atoms with E-state index < -0.39 is 5.97 Å². The molecule has 0 radical (unpaired) electrons. The van der Waals surface area contributed by atoms with Crippen LogP contribution in [-0.4, -0.2) is 23.5 Å². The molecule has 1 amide bonds. The van der Waals surface area contributed by atoms with E-state index >= 15 is 0 Å². The first-order valence-corrected chi connectivity index (χ1v) is 8.30. The first-order valence-electron chi connectivity index (χ1n) is 8.30. The highest BCUT2D eigenvalue weighted by atomic mass is 19.1. The number of hydrogen-bond donors (Lipinski definition) is 2. The number of aromatic carboxylic acids is 1. The summed E-state index contributed by atoms with van der Waals surface area (Å²) in [6.07, 6.45) is 1.74. The molecule has 1 unspecified atom stereocenters.